The van der Waals surface area contributed by atoms with Crippen molar-refractivity contribution in [3.63, 3.8) is 0 Å². The second kappa shape index (κ2) is 10.6. The number of piperazine rings is 1. The van der Waals surface area contributed by atoms with Crippen molar-refractivity contribution in [3.8, 4) is 0 Å². The summed E-state index contributed by atoms with van der Waals surface area (Å²) in [6, 6.07) is 25.4. The van der Waals surface area contributed by atoms with E-state index < -0.39 is 0 Å². The minimum absolute atomic E-state index is 0. The number of amides is 1. The first-order chi connectivity index (χ1) is 14.2. The molecule has 1 aliphatic heterocycles. The Bertz CT molecular complexity index is 955. The molecule has 0 N–H and O–H groups in total. The van der Waals surface area contributed by atoms with E-state index in [9.17, 15) is 4.79 Å². The monoisotopic (exact) mass is 423 g/mol. The van der Waals surface area contributed by atoms with Crippen LogP contribution >= 0.6 is 12.4 Å². The number of likely N-dealkylation sites (N-methyl/N-ethyl adjacent to an activating group) is 1. The van der Waals surface area contributed by atoms with E-state index in [4.69, 9.17) is 0 Å². The predicted molar refractivity (Wildman–Crippen MR) is 126 cm³/mol. The maximum absolute atomic E-state index is 13.0. The van der Waals surface area contributed by atoms with E-state index >= 15 is 0 Å². The quantitative estimate of drug-likeness (QED) is 0.598. The zero-order valence-electron chi connectivity index (χ0n) is 17.5. The van der Waals surface area contributed by atoms with Gasteiger partial charge in [-0.25, -0.2) is 0 Å². The van der Waals surface area contributed by atoms with Crippen LogP contribution in [0.1, 0.15) is 11.1 Å². The first kappa shape index (κ1) is 22.3. The molecular weight excluding hydrogens is 394 g/mol. The van der Waals surface area contributed by atoms with E-state index in [1.54, 1.807) is 0 Å². The van der Waals surface area contributed by atoms with Gasteiger partial charge in [0.25, 0.3) is 0 Å². The average Bonchev–Trinajstić information content (AvgIpc) is 2.75. The van der Waals surface area contributed by atoms with Crippen LogP contribution in [0.3, 0.4) is 0 Å². The van der Waals surface area contributed by atoms with Crippen molar-refractivity contribution in [3.05, 3.63) is 83.9 Å². The minimum atomic E-state index is 0. The van der Waals surface area contributed by atoms with Crippen molar-refractivity contribution in [2.75, 3.05) is 39.8 Å². The molecule has 1 saturated heterocycles. The van der Waals surface area contributed by atoms with Crippen molar-refractivity contribution in [2.24, 2.45) is 0 Å². The smallest absolute Gasteiger partial charge is 0.236 e. The van der Waals surface area contributed by atoms with Crippen molar-refractivity contribution in [1.82, 2.24) is 14.7 Å². The van der Waals surface area contributed by atoms with E-state index in [1.165, 1.54) is 21.9 Å². The largest absolute Gasteiger partial charge is 0.339 e. The maximum atomic E-state index is 13.0. The molecule has 158 valence electrons. The van der Waals surface area contributed by atoms with Gasteiger partial charge in [0.2, 0.25) is 5.91 Å². The number of carbonyl (C=O) groups excluding carboxylic acids is 1. The van der Waals surface area contributed by atoms with Crippen molar-refractivity contribution < 1.29 is 4.79 Å². The highest BCUT2D eigenvalue weighted by molar-refractivity contribution is 5.85. The molecule has 3 aromatic rings. The van der Waals surface area contributed by atoms with Crippen molar-refractivity contribution >= 4 is 29.1 Å². The van der Waals surface area contributed by atoms with Crippen LogP contribution in [0.2, 0.25) is 0 Å². The van der Waals surface area contributed by atoms with Crippen LogP contribution in [0.25, 0.3) is 10.8 Å². The molecule has 1 fully saturated rings. The molecule has 4 nitrogen and oxygen atoms in total. The maximum Gasteiger partial charge on any atom is 0.236 e. The van der Waals surface area contributed by atoms with Crippen LogP contribution in [0.15, 0.2) is 72.8 Å². The summed E-state index contributed by atoms with van der Waals surface area (Å²) in [5, 5.41) is 2.49. The summed E-state index contributed by atoms with van der Waals surface area (Å²) < 4.78 is 0. The zero-order valence-corrected chi connectivity index (χ0v) is 18.4. The molecule has 0 spiro atoms. The van der Waals surface area contributed by atoms with Crippen molar-refractivity contribution in [2.45, 2.75) is 13.1 Å². The molecule has 0 atom stereocenters. The highest BCUT2D eigenvalue weighted by atomic mass is 35.5. The van der Waals surface area contributed by atoms with Crippen LogP contribution < -0.4 is 0 Å². The summed E-state index contributed by atoms with van der Waals surface area (Å²) in [5.74, 6) is 0.231. The molecule has 0 saturated carbocycles. The van der Waals surface area contributed by atoms with Crippen LogP contribution in [0.5, 0.6) is 0 Å². The molecular formula is C25H30ClN3O. The number of benzene rings is 3. The Labute approximate surface area is 185 Å². The van der Waals surface area contributed by atoms with E-state index in [-0.39, 0.29) is 18.3 Å². The van der Waals surface area contributed by atoms with Gasteiger partial charge in [-0.2, -0.15) is 0 Å². The summed E-state index contributed by atoms with van der Waals surface area (Å²) >= 11 is 0. The van der Waals surface area contributed by atoms with E-state index in [1.807, 2.05) is 11.0 Å². The Morgan fingerprint density at radius 3 is 2.17 bits per heavy atom. The number of carbonyl (C=O) groups is 1. The lowest BCUT2D eigenvalue weighted by Gasteiger charge is -2.34. The lowest BCUT2D eigenvalue weighted by molar-refractivity contribution is -0.134. The van der Waals surface area contributed by atoms with E-state index in [2.05, 4.69) is 83.6 Å². The molecule has 1 heterocycles. The normalized spacial score (nSPS) is 14.7. The SMILES string of the molecule is CN1CCN(C(=O)CN(Cc2ccccc2)Cc2ccc3ccccc3c2)CC1.Cl. The fraction of sp³-hybridized carbons (Fsp3) is 0.320. The van der Waals surface area contributed by atoms with Gasteiger partial charge >= 0.3 is 0 Å². The minimum Gasteiger partial charge on any atom is -0.339 e. The van der Waals surface area contributed by atoms with Gasteiger partial charge in [0, 0.05) is 39.3 Å². The highest BCUT2D eigenvalue weighted by Crippen LogP contribution is 2.18. The van der Waals surface area contributed by atoms with Crippen LogP contribution in [0.4, 0.5) is 0 Å². The average molecular weight is 424 g/mol. The Morgan fingerprint density at radius 1 is 0.800 bits per heavy atom. The number of nitrogens with zero attached hydrogens (tertiary/aromatic N) is 3. The van der Waals surface area contributed by atoms with E-state index in [0.29, 0.717) is 6.54 Å². The Morgan fingerprint density at radius 2 is 1.43 bits per heavy atom. The summed E-state index contributed by atoms with van der Waals surface area (Å²) in [4.78, 5) is 19.5. The lowest BCUT2D eigenvalue weighted by Crippen LogP contribution is -2.49. The first-order valence-corrected chi connectivity index (χ1v) is 10.4. The number of halogens is 1. The summed E-state index contributed by atoms with van der Waals surface area (Å²) in [6.07, 6.45) is 0. The fourth-order valence-corrected chi connectivity index (χ4v) is 3.95. The van der Waals surface area contributed by atoms with Crippen LogP contribution in [-0.4, -0.2) is 60.4 Å². The molecule has 1 amide bonds. The standard InChI is InChI=1S/C25H29N3O.ClH/c1-26-13-15-28(16-14-26)25(29)20-27(18-21-7-3-2-4-8-21)19-22-11-12-23-9-5-6-10-24(23)17-22;/h2-12,17H,13-16,18-20H2,1H3;1H. The Kier molecular flexibility index (Phi) is 7.86. The zero-order chi connectivity index (χ0) is 20.1. The van der Waals surface area contributed by atoms with Gasteiger partial charge in [-0.05, 0) is 35.0 Å². The Balaban J connectivity index is 0.00000256. The third-order valence-electron chi connectivity index (χ3n) is 5.68. The molecule has 0 unspecified atom stereocenters. The highest BCUT2D eigenvalue weighted by Gasteiger charge is 2.21. The number of hydrogen-bond acceptors (Lipinski definition) is 3. The summed E-state index contributed by atoms with van der Waals surface area (Å²) in [5.41, 5.74) is 2.48. The number of hydrogen-bond donors (Lipinski definition) is 0. The van der Waals surface area contributed by atoms with Gasteiger partial charge in [0.15, 0.2) is 0 Å². The van der Waals surface area contributed by atoms with Gasteiger partial charge in [0.1, 0.15) is 0 Å². The van der Waals surface area contributed by atoms with Crippen LogP contribution in [-0.2, 0) is 17.9 Å². The lowest BCUT2D eigenvalue weighted by atomic mass is 10.1. The molecule has 3 aromatic carbocycles. The molecule has 0 radical (unpaired) electrons. The second-order valence-electron chi connectivity index (χ2n) is 8.00. The molecule has 0 bridgehead atoms. The predicted octanol–water partition coefficient (Wildman–Crippen LogP) is 4.04. The van der Waals surface area contributed by atoms with Crippen molar-refractivity contribution in [1.29, 1.82) is 0 Å². The third kappa shape index (κ3) is 5.82. The van der Waals surface area contributed by atoms with Gasteiger partial charge in [-0.3, -0.25) is 9.69 Å². The molecule has 0 aromatic heterocycles. The number of fused-ring (bicyclic) bond motifs is 1. The van der Waals surface area contributed by atoms with Gasteiger partial charge < -0.3 is 9.80 Å². The Hall–Kier alpha value is -2.40. The molecule has 30 heavy (non-hydrogen) atoms. The topological polar surface area (TPSA) is 26.8 Å². The van der Waals surface area contributed by atoms with Gasteiger partial charge in [-0.1, -0.05) is 66.7 Å². The number of rotatable bonds is 6. The summed E-state index contributed by atoms with van der Waals surface area (Å²) in [6.45, 7) is 5.54. The van der Waals surface area contributed by atoms with Gasteiger partial charge in [-0.15, -0.1) is 12.4 Å². The van der Waals surface area contributed by atoms with E-state index in [0.717, 1.165) is 39.3 Å². The second-order valence-corrected chi connectivity index (χ2v) is 8.00. The summed E-state index contributed by atoms with van der Waals surface area (Å²) in [7, 11) is 2.11. The molecule has 1 aliphatic rings. The molecule has 5 heteroatoms. The third-order valence-corrected chi connectivity index (χ3v) is 5.68. The molecule has 0 aliphatic carbocycles. The van der Waals surface area contributed by atoms with Crippen LogP contribution in [0, 0.1) is 0 Å². The van der Waals surface area contributed by atoms with Gasteiger partial charge in [0.05, 0.1) is 6.54 Å². The first-order valence-electron chi connectivity index (χ1n) is 10.4. The molecule has 4 rings (SSSR count). The fourth-order valence-electron chi connectivity index (χ4n) is 3.95.